The molecule has 0 fully saturated rings. The van der Waals surface area contributed by atoms with E-state index in [4.69, 9.17) is 0 Å². The van der Waals surface area contributed by atoms with E-state index in [0.717, 1.165) is 0 Å². The third-order valence-corrected chi connectivity index (χ3v) is 3.45. The smallest absolute Gasteiger partial charge is 0.422 e. The molecule has 1 aromatic rings. The lowest BCUT2D eigenvalue weighted by molar-refractivity contribution is -0.153. The second kappa shape index (κ2) is 6.39. The predicted octanol–water partition coefficient (Wildman–Crippen LogP) is 3.51. The van der Waals surface area contributed by atoms with Gasteiger partial charge in [-0.15, -0.1) is 0 Å². The maximum Gasteiger partial charge on any atom is 0.422 e. The minimum Gasteiger partial charge on any atom is -0.484 e. The number of rotatable bonds is 4. The summed E-state index contributed by atoms with van der Waals surface area (Å²) in [6, 6.07) is 5.92. The highest BCUT2D eigenvalue weighted by atomic mass is 32.2. The topological polar surface area (TPSA) is 38.7 Å². The van der Waals surface area contributed by atoms with E-state index in [-0.39, 0.29) is 5.75 Å². The molecular formula is C13H16F3NO2S. The lowest BCUT2D eigenvalue weighted by Crippen LogP contribution is -2.19. The van der Waals surface area contributed by atoms with Crippen molar-refractivity contribution in [2.24, 2.45) is 4.40 Å². The molecular weight excluding hydrogens is 291 g/mol. The summed E-state index contributed by atoms with van der Waals surface area (Å²) in [5.74, 6) is 0.122. The fourth-order valence-electron chi connectivity index (χ4n) is 1.08. The third kappa shape index (κ3) is 6.18. The van der Waals surface area contributed by atoms with E-state index in [9.17, 15) is 17.4 Å². The number of benzene rings is 1. The zero-order valence-corrected chi connectivity index (χ0v) is 12.2. The van der Waals surface area contributed by atoms with Crippen molar-refractivity contribution in [1.29, 1.82) is 0 Å². The number of alkyl halides is 3. The molecule has 3 nitrogen and oxygen atoms in total. The van der Waals surface area contributed by atoms with Gasteiger partial charge in [-0.1, -0.05) is 0 Å². The molecule has 0 bridgehead atoms. The minimum atomic E-state index is -4.36. The SMILES string of the molecule is CC(C)(C)S(=O)/N=C/c1ccc(OCC(F)(F)F)cc1. The largest absolute Gasteiger partial charge is 0.484 e. The first kappa shape index (κ1) is 16.7. The first-order valence-electron chi connectivity index (χ1n) is 5.83. The van der Waals surface area contributed by atoms with Crippen molar-refractivity contribution in [2.75, 3.05) is 6.61 Å². The summed E-state index contributed by atoms with van der Waals surface area (Å²) in [4.78, 5) is 0. The second-order valence-corrected chi connectivity index (χ2v) is 7.00. The Labute approximate surface area is 118 Å². The molecule has 20 heavy (non-hydrogen) atoms. The van der Waals surface area contributed by atoms with E-state index in [0.29, 0.717) is 5.56 Å². The summed E-state index contributed by atoms with van der Waals surface area (Å²) in [6.07, 6.45) is -2.93. The van der Waals surface area contributed by atoms with Crippen LogP contribution in [0.5, 0.6) is 5.75 Å². The summed E-state index contributed by atoms with van der Waals surface area (Å²) in [5, 5.41) is 0. The Balaban J connectivity index is 2.63. The maximum atomic E-state index is 12.0. The monoisotopic (exact) mass is 307 g/mol. The lowest BCUT2D eigenvalue weighted by Gasteiger charge is -2.12. The molecule has 0 saturated heterocycles. The quantitative estimate of drug-likeness (QED) is 0.798. The van der Waals surface area contributed by atoms with Gasteiger partial charge in [0.05, 0.1) is 4.75 Å². The van der Waals surface area contributed by atoms with Crippen LogP contribution in [0.4, 0.5) is 13.2 Å². The predicted molar refractivity (Wildman–Crippen MR) is 73.5 cm³/mol. The van der Waals surface area contributed by atoms with Crippen LogP contribution < -0.4 is 4.74 Å². The summed E-state index contributed by atoms with van der Waals surface area (Å²) >= 11 is 0. The average Bonchev–Trinajstić information content (AvgIpc) is 2.32. The Hall–Kier alpha value is -1.37. The molecule has 0 N–H and O–H groups in total. The Kier molecular flexibility index (Phi) is 5.33. The van der Waals surface area contributed by atoms with Crippen LogP contribution in [0.15, 0.2) is 28.7 Å². The summed E-state index contributed by atoms with van der Waals surface area (Å²) in [5.41, 5.74) is 0.641. The van der Waals surface area contributed by atoms with Gasteiger partial charge >= 0.3 is 6.18 Å². The van der Waals surface area contributed by atoms with Gasteiger partial charge in [-0.3, -0.25) is 0 Å². The van der Waals surface area contributed by atoms with Gasteiger partial charge in [-0.25, -0.2) is 4.21 Å². The van der Waals surface area contributed by atoms with Crippen LogP contribution in [0.2, 0.25) is 0 Å². The van der Waals surface area contributed by atoms with E-state index in [1.54, 1.807) is 32.9 Å². The van der Waals surface area contributed by atoms with Crippen LogP contribution in [0.1, 0.15) is 26.3 Å². The molecule has 112 valence electrons. The molecule has 1 aromatic carbocycles. The lowest BCUT2D eigenvalue weighted by atomic mass is 10.2. The van der Waals surface area contributed by atoms with Crippen molar-refractivity contribution in [1.82, 2.24) is 0 Å². The van der Waals surface area contributed by atoms with Crippen molar-refractivity contribution >= 4 is 17.2 Å². The van der Waals surface area contributed by atoms with Crippen molar-refractivity contribution in [2.45, 2.75) is 31.7 Å². The van der Waals surface area contributed by atoms with Gasteiger partial charge in [0.1, 0.15) is 16.7 Å². The first-order valence-corrected chi connectivity index (χ1v) is 6.94. The number of nitrogens with zero attached hydrogens (tertiary/aromatic N) is 1. The normalized spacial score (nSPS) is 14.5. The molecule has 0 aliphatic heterocycles. The zero-order chi connectivity index (χ0) is 15.4. The number of hydrogen-bond donors (Lipinski definition) is 0. The highest BCUT2D eigenvalue weighted by molar-refractivity contribution is 7.85. The molecule has 0 heterocycles. The standard InChI is InChI=1S/C13H16F3NO2S/c1-12(2,3)20(18)17-8-10-4-6-11(7-5-10)19-9-13(14,15)16/h4-8H,9H2,1-3H3/b17-8+. The molecule has 7 heteroatoms. The summed E-state index contributed by atoms with van der Waals surface area (Å²) in [7, 11) is -1.37. The Morgan fingerprint density at radius 3 is 2.20 bits per heavy atom. The van der Waals surface area contributed by atoms with Crippen LogP contribution in [0, 0.1) is 0 Å². The Bertz CT molecular complexity index is 490. The molecule has 0 radical (unpaired) electrons. The fraction of sp³-hybridized carbons (Fsp3) is 0.462. The van der Waals surface area contributed by atoms with Crippen molar-refractivity contribution in [3.63, 3.8) is 0 Å². The van der Waals surface area contributed by atoms with Crippen molar-refractivity contribution in [3.05, 3.63) is 29.8 Å². The minimum absolute atomic E-state index is 0.122. The van der Waals surface area contributed by atoms with Crippen LogP contribution >= 0.6 is 0 Å². The van der Waals surface area contributed by atoms with Gasteiger partial charge in [0.25, 0.3) is 0 Å². The van der Waals surface area contributed by atoms with E-state index in [2.05, 4.69) is 9.13 Å². The molecule has 0 aliphatic carbocycles. The van der Waals surface area contributed by atoms with Crippen molar-refractivity contribution in [3.8, 4) is 5.75 Å². The number of ether oxygens (including phenoxy) is 1. The highest BCUT2D eigenvalue weighted by Gasteiger charge is 2.28. The Morgan fingerprint density at radius 2 is 1.75 bits per heavy atom. The maximum absolute atomic E-state index is 12.0. The molecule has 1 atom stereocenters. The number of halogens is 3. The van der Waals surface area contributed by atoms with Gasteiger partial charge < -0.3 is 4.74 Å². The zero-order valence-electron chi connectivity index (χ0n) is 11.4. The molecule has 1 rings (SSSR count). The highest BCUT2D eigenvalue weighted by Crippen LogP contribution is 2.18. The third-order valence-electron chi connectivity index (χ3n) is 2.10. The van der Waals surface area contributed by atoms with E-state index < -0.39 is 28.5 Å². The molecule has 0 aliphatic rings. The Morgan fingerprint density at radius 1 is 1.20 bits per heavy atom. The van der Waals surface area contributed by atoms with Gasteiger partial charge in [0.2, 0.25) is 0 Å². The fourth-order valence-corrected chi connectivity index (χ4v) is 1.62. The number of hydrogen-bond acceptors (Lipinski definition) is 2. The molecule has 1 unspecified atom stereocenters. The first-order chi connectivity index (χ1) is 9.08. The summed E-state index contributed by atoms with van der Waals surface area (Å²) < 4.78 is 55.6. The van der Waals surface area contributed by atoms with Crippen LogP contribution in [0.3, 0.4) is 0 Å². The molecule has 0 aromatic heterocycles. The van der Waals surface area contributed by atoms with Crippen LogP contribution in [-0.2, 0) is 11.0 Å². The molecule has 0 amide bonds. The van der Waals surface area contributed by atoms with Gasteiger partial charge in [0.15, 0.2) is 6.61 Å². The average molecular weight is 307 g/mol. The van der Waals surface area contributed by atoms with E-state index in [1.165, 1.54) is 18.3 Å². The second-order valence-electron chi connectivity index (χ2n) is 5.07. The van der Waals surface area contributed by atoms with Gasteiger partial charge in [0, 0.05) is 6.21 Å². The summed E-state index contributed by atoms with van der Waals surface area (Å²) in [6.45, 7) is 4.08. The molecule has 0 saturated carbocycles. The van der Waals surface area contributed by atoms with Crippen molar-refractivity contribution < 1.29 is 22.1 Å². The van der Waals surface area contributed by atoms with Gasteiger partial charge in [-0.2, -0.15) is 17.6 Å². The van der Waals surface area contributed by atoms with Gasteiger partial charge in [-0.05, 0) is 50.6 Å². The van der Waals surface area contributed by atoms with Crippen LogP contribution in [-0.4, -0.2) is 28.0 Å². The van der Waals surface area contributed by atoms with E-state index in [1.807, 2.05) is 0 Å². The van der Waals surface area contributed by atoms with E-state index >= 15 is 0 Å². The van der Waals surface area contributed by atoms with Crippen LogP contribution in [0.25, 0.3) is 0 Å². The molecule has 0 spiro atoms.